The van der Waals surface area contributed by atoms with Crippen LogP contribution in [0.15, 0.2) is 17.2 Å². The van der Waals surface area contributed by atoms with Gasteiger partial charge in [0.25, 0.3) is 0 Å². The first-order valence-electron chi connectivity index (χ1n) is 3.51. The smallest absolute Gasteiger partial charge is 0.190 e. The van der Waals surface area contributed by atoms with Crippen molar-refractivity contribution in [2.24, 2.45) is 12.8 Å². The number of sulfone groups is 1. The van der Waals surface area contributed by atoms with E-state index in [2.05, 4.69) is 0 Å². The maximum atomic E-state index is 11.1. The summed E-state index contributed by atoms with van der Waals surface area (Å²) in [6, 6.07) is 3.29. The van der Waals surface area contributed by atoms with E-state index in [1.165, 1.54) is 6.26 Å². The SMILES string of the molecule is Br.Br.Cn1c(CN)ccc1S(C)(=O)=O. The third-order valence-electron chi connectivity index (χ3n) is 1.77. The lowest BCUT2D eigenvalue weighted by atomic mass is 10.4. The maximum absolute atomic E-state index is 11.1. The second-order valence-corrected chi connectivity index (χ2v) is 4.66. The summed E-state index contributed by atoms with van der Waals surface area (Å²) < 4.78 is 23.8. The largest absolute Gasteiger partial charge is 0.338 e. The van der Waals surface area contributed by atoms with Crippen LogP contribution in [0.1, 0.15) is 5.69 Å². The van der Waals surface area contributed by atoms with Gasteiger partial charge in [-0.15, -0.1) is 34.0 Å². The minimum atomic E-state index is -3.12. The van der Waals surface area contributed by atoms with Gasteiger partial charge in [0.15, 0.2) is 9.84 Å². The van der Waals surface area contributed by atoms with Crippen LogP contribution in [0, 0.1) is 0 Å². The first kappa shape index (κ1) is 16.6. The molecule has 1 heterocycles. The van der Waals surface area contributed by atoms with Crippen LogP contribution in [0.5, 0.6) is 0 Å². The van der Waals surface area contributed by atoms with E-state index in [1.807, 2.05) is 0 Å². The molecule has 7 heteroatoms. The molecule has 4 nitrogen and oxygen atoms in total. The maximum Gasteiger partial charge on any atom is 0.190 e. The molecule has 0 aliphatic rings. The van der Waals surface area contributed by atoms with Gasteiger partial charge in [-0.2, -0.15) is 0 Å². The minimum absolute atomic E-state index is 0. The molecule has 0 atom stereocenters. The molecule has 0 saturated heterocycles. The first-order valence-corrected chi connectivity index (χ1v) is 5.40. The van der Waals surface area contributed by atoms with Crippen molar-refractivity contribution in [3.05, 3.63) is 17.8 Å². The van der Waals surface area contributed by atoms with Gasteiger partial charge in [-0.1, -0.05) is 0 Å². The van der Waals surface area contributed by atoms with Gasteiger partial charge in [-0.25, -0.2) is 8.42 Å². The third kappa shape index (κ3) is 3.38. The predicted molar refractivity (Wildman–Crippen MR) is 67.1 cm³/mol. The summed E-state index contributed by atoms with van der Waals surface area (Å²) in [4.78, 5) is 0. The second-order valence-electron chi connectivity index (χ2n) is 2.70. The fourth-order valence-corrected chi connectivity index (χ4v) is 2.04. The minimum Gasteiger partial charge on any atom is -0.338 e. The van der Waals surface area contributed by atoms with Crippen molar-refractivity contribution >= 4 is 43.8 Å². The molecule has 1 aromatic heterocycles. The Balaban J connectivity index is 0. The molecule has 0 saturated carbocycles. The normalized spacial score (nSPS) is 10.2. The molecule has 0 unspecified atom stereocenters. The molecule has 0 amide bonds. The average molecular weight is 350 g/mol. The zero-order chi connectivity index (χ0) is 9.35. The van der Waals surface area contributed by atoms with Crippen LogP contribution < -0.4 is 5.73 Å². The van der Waals surface area contributed by atoms with Gasteiger partial charge >= 0.3 is 0 Å². The molecule has 0 aromatic carbocycles. The summed E-state index contributed by atoms with van der Waals surface area (Å²) in [6.45, 7) is 0.353. The second kappa shape index (κ2) is 5.89. The van der Waals surface area contributed by atoms with Gasteiger partial charge < -0.3 is 10.3 Å². The average Bonchev–Trinajstić information content (AvgIpc) is 2.29. The zero-order valence-corrected chi connectivity index (χ0v) is 12.2. The highest BCUT2D eigenvalue weighted by Gasteiger charge is 2.12. The number of rotatable bonds is 2. The van der Waals surface area contributed by atoms with E-state index in [9.17, 15) is 8.42 Å². The van der Waals surface area contributed by atoms with E-state index in [4.69, 9.17) is 5.73 Å². The van der Waals surface area contributed by atoms with Crippen molar-refractivity contribution in [1.82, 2.24) is 4.57 Å². The number of halogens is 2. The van der Waals surface area contributed by atoms with E-state index < -0.39 is 9.84 Å². The highest BCUT2D eigenvalue weighted by molar-refractivity contribution is 8.93. The number of nitrogens with two attached hydrogens (primary N) is 1. The zero-order valence-electron chi connectivity index (χ0n) is 7.93. The van der Waals surface area contributed by atoms with Crippen LogP contribution in [-0.2, 0) is 23.4 Å². The fourth-order valence-electron chi connectivity index (χ4n) is 1.11. The molecule has 0 aliphatic carbocycles. The highest BCUT2D eigenvalue weighted by atomic mass is 79.9. The summed E-state index contributed by atoms with van der Waals surface area (Å²) in [5, 5.41) is 0.308. The number of hydrogen-bond donors (Lipinski definition) is 1. The van der Waals surface area contributed by atoms with Gasteiger partial charge in [0.05, 0.1) is 0 Å². The van der Waals surface area contributed by atoms with Gasteiger partial charge in [0.1, 0.15) is 5.03 Å². The summed E-state index contributed by atoms with van der Waals surface area (Å²) in [5.41, 5.74) is 6.21. The van der Waals surface area contributed by atoms with Crippen molar-refractivity contribution in [2.75, 3.05) is 6.26 Å². The number of hydrogen-bond acceptors (Lipinski definition) is 3. The van der Waals surface area contributed by atoms with Crippen LogP contribution in [0.3, 0.4) is 0 Å². The topological polar surface area (TPSA) is 65.1 Å². The molecule has 0 bridgehead atoms. The van der Waals surface area contributed by atoms with Crippen LogP contribution in [0.4, 0.5) is 0 Å². The molecular weight excluding hydrogens is 336 g/mol. The van der Waals surface area contributed by atoms with Crippen LogP contribution in [0.25, 0.3) is 0 Å². The standard InChI is InChI=1S/C7H12N2O2S.2BrH/c1-9-6(5-8)3-4-7(9)12(2,10)11;;/h3-4H,5,8H2,1-2H3;2*1H. The Morgan fingerprint density at radius 1 is 1.36 bits per heavy atom. The van der Waals surface area contributed by atoms with E-state index in [-0.39, 0.29) is 34.0 Å². The van der Waals surface area contributed by atoms with Crippen LogP contribution in [0.2, 0.25) is 0 Å². The van der Waals surface area contributed by atoms with Gasteiger partial charge in [0, 0.05) is 25.5 Å². The molecule has 0 fully saturated rings. The molecule has 84 valence electrons. The van der Waals surface area contributed by atoms with Gasteiger partial charge in [-0.05, 0) is 12.1 Å². The Kier molecular flexibility index (Phi) is 6.98. The van der Waals surface area contributed by atoms with Crippen molar-refractivity contribution in [3.63, 3.8) is 0 Å². The molecular formula is C7H14Br2N2O2S. The first-order chi connectivity index (χ1) is 5.46. The van der Waals surface area contributed by atoms with Crippen molar-refractivity contribution in [2.45, 2.75) is 11.6 Å². The molecule has 14 heavy (non-hydrogen) atoms. The number of nitrogens with zero attached hydrogens (tertiary/aromatic N) is 1. The molecule has 0 radical (unpaired) electrons. The van der Waals surface area contributed by atoms with E-state index in [0.29, 0.717) is 11.6 Å². The Morgan fingerprint density at radius 2 is 1.86 bits per heavy atom. The lowest BCUT2D eigenvalue weighted by Gasteiger charge is -2.03. The van der Waals surface area contributed by atoms with Gasteiger partial charge in [-0.3, -0.25) is 0 Å². The Hall–Kier alpha value is 0.150. The van der Waals surface area contributed by atoms with Crippen molar-refractivity contribution in [3.8, 4) is 0 Å². The molecule has 0 spiro atoms. The summed E-state index contributed by atoms with van der Waals surface area (Å²) in [6.07, 6.45) is 1.18. The summed E-state index contributed by atoms with van der Waals surface area (Å²) in [5.74, 6) is 0. The molecule has 2 N–H and O–H groups in total. The van der Waals surface area contributed by atoms with E-state index >= 15 is 0 Å². The third-order valence-corrected chi connectivity index (χ3v) is 2.94. The Labute approximate surface area is 105 Å². The summed E-state index contributed by atoms with van der Waals surface area (Å²) in [7, 11) is -1.42. The monoisotopic (exact) mass is 348 g/mol. The molecule has 0 aliphatic heterocycles. The Bertz CT molecular complexity index is 386. The lowest BCUT2D eigenvalue weighted by molar-refractivity contribution is 0.589. The van der Waals surface area contributed by atoms with Crippen molar-refractivity contribution < 1.29 is 8.42 Å². The van der Waals surface area contributed by atoms with Crippen LogP contribution >= 0.6 is 34.0 Å². The fraction of sp³-hybridized carbons (Fsp3) is 0.429. The van der Waals surface area contributed by atoms with E-state index in [1.54, 1.807) is 23.7 Å². The lowest BCUT2D eigenvalue weighted by Crippen LogP contribution is -2.09. The quantitative estimate of drug-likeness (QED) is 0.867. The predicted octanol–water partition coefficient (Wildman–Crippen LogP) is 1.04. The molecule has 1 aromatic rings. The van der Waals surface area contributed by atoms with Crippen LogP contribution in [-0.4, -0.2) is 19.2 Å². The molecule has 1 rings (SSSR count). The van der Waals surface area contributed by atoms with E-state index in [0.717, 1.165) is 5.69 Å². The Morgan fingerprint density at radius 3 is 2.07 bits per heavy atom. The van der Waals surface area contributed by atoms with Crippen molar-refractivity contribution in [1.29, 1.82) is 0 Å². The number of aromatic nitrogens is 1. The van der Waals surface area contributed by atoms with Gasteiger partial charge in [0.2, 0.25) is 0 Å². The highest BCUT2D eigenvalue weighted by Crippen LogP contribution is 2.11. The summed E-state index contributed by atoms with van der Waals surface area (Å²) >= 11 is 0.